The first-order valence-electron chi connectivity index (χ1n) is 3.89. The van der Waals surface area contributed by atoms with E-state index in [9.17, 15) is 4.79 Å². The Labute approximate surface area is 99.9 Å². The zero-order valence-electron chi connectivity index (χ0n) is 7.46. The quantitative estimate of drug-likeness (QED) is 0.684. The summed E-state index contributed by atoms with van der Waals surface area (Å²) in [4.78, 5) is 10.9. The average Bonchev–Trinajstić information content (AvgIpc) is 2.17. The highest BCUT2D eigenvalue weighted by molar-refractivity contribution is 9.10. The van der Waals surface area contributed by atoms with Gasteiger partial charge < -0.3 is 4.74 Å². The Hall–Kier alpha value is -1.25. The van der Waals surface area contributed by atoms with E-state index in [1.54, 1.807) is 18.2 Å². The molecule has 4 nitrogen and oxygen atoms in total. The summed E-state index contributed by atoms with van der Waals surface area (Å²) in [6, 6.07) is 4.93. The summed E-state index contributed by atoms with van der Waals surface area (Å²) in [5.41, 5.74) is 0. The molecule has 6 heteroatoms. The molecule has 1 aromatic carbocycles. The molecule has 78 valence electrons. The summed E-state index contributed by atoms with van der Waals surface area (Å²) in [6.45, 7) is -0.214. The van der Waals surface area contributed by atoms with Crippen molar-refractivity contribution in [3.05, 3.63) is 27.7 Å². The topological polar surface area (TPSA) is 62.1 Å². The van der Waals surface area contributed by atoms with Crippen molar-refractivity contribution in [2.45, 2.75) is 0 Å². The number of benzene rings is 1. The molecule has 0 saturated carbocycles. The fraction of sp³-hybridized carbons (Fsp3) is 0.111. The van der Waals surface area contributed by atoms with Crippen molar-refractivity contribution in [1.29, 1.82) is 5.26 Å². The van der Waals surface area contributed by atoms with E-state index in [1.807, 2.05) is 5.32 Å². The molecule has 15 heavy (non-hydrogen) atoms. The lowest BCUT2D eigenvalue weighted by atomic mass is 10.3. The Morgan fingerprint density at radius 2 is 2.40 bits per heavy atom. The van der Waals surface area contributed by atoms with Crippen LogP contribution in [0.4, 0.5) is 0 Å². The molecule has 0 aliphatic rings. The molecule has 0 aliphatic heterocycles. The monoisotopic (exact) mass is 288 g/mol. The molecular weight excluding hydrogens is 283 g/mol. The van der Waals surface area contributed by atoms with Crippen molar-refractivity contribution >= 4 is 33.4 Å². The fourth-order valence-corrected chi connectivity index (χ4v) is 1.63. The van der Waals surface area contributed by atoms with Crippen LogP contribution in [0.25, 0.3) is 0 Å². The zero-order valence-corrected chi connectivity index (χ0v) is 9.80. The number of ether oxygens (including phenoxy) is 1. The minimum atomic E-state index is -0.501. The van der Waals surface area contributed by atoms with Gasteiger partial charge in [0.1, 0.15) is 5.75 Å². The van der Waals surface area contributed by atoms with Crippen LogP contribution in [0.1, 0.15) is 0 Å². The number of nitrogens with zero attached hydrogens (tertiary/aromatic N) is 1. The number of halogens is 2. The predicted octanol–water partition coefficient (Wildman–Crippen LogP) is 2.08. The van der Waals surface area contributed by atoms with E-state index in [0.717, 1.165) is 0 Å². The van der Waals surface area contributed by atoms with Crippen molar-refractivity contribution in [1.82, 2.24) is 5.32 Å². The fourth-order valence-electron chi connectivity index (χ4n) is 0.834. The standard InChI is InChI=1S/C9H6BrClN2O2/c10-7-3-6(11)1-2-8(7)15-4-9(14)13-5-12/h1-3H,4H2,(H,13,14). The van der Waals surface area contributed by atoms with Crippen molar-refractivity contribution in [2.75, 3.05) is 6.61 Å². The van der Waals surface area contributed by atoms with Gasteiger partial charge in [0.15, 0.2) is 12.8 Å². The molecule has 0 aromatic heterocycles. The summed E-state index contributed by atoms with van der Waals surface area (Å²) < 4.78 is 5.79. The molecule has 1 rings (SSSR count). The second-order valence-corrected chi connectivity index (χ2v) is 3.81. The summed E-state index contributed by atoms with van der Waals surface area (Å²) in [7, 11) is 0. The van der Waals surface area contributed by atoms with Crippen molar-refractivity contribution in [3.63, 3.8) is 0 Å². The van der Waals surface area contributed by atoms with Crippen LogP contribution < -0.4 is 10.1 Å². The molecule has 0 spiro atoms. The third-order valence-electron chi connectivity index (χ3n) is 1.45. The highest BCUT2D eigenvalue weighted by Crippen LogP contribution is 2.27. The maximum atomic E-state index is 10.9. The second-order valence-electron chi connectivity index (χ2n) is 2.52. The lowest BCUT2D eigenvalue weighted by Gasteiger charge is -2.06. The van der Waals surface area contributed by atoms with Gasteiger partial charge in [-0.25, -0.2) is 0 Å². The molecule has 1 amide bonds. The number of hydrogen-bond donors (Lipinski definition) is 1. The van der Waals surface area contributed by atoms with Crippen molar-refractivity contribution in [3.8, 4) is 11.9 Å². The second kappa shape index (κ2) is 5.59. The lowest BCUT2D eigenvalue weighted by molar-refractivity contribution is -0.121. The Morgan fingerprint density at radius 3 is 3.00 bits per heavy atom. The number of carbonyl (C=O) groups excluding carboxylic acids is 1. The number of hydrogen-bond acceptors (Lipinski definition) is 3. The lowest BCUT2D eigenvalue weighted by Crippen LogP contribution is -2.24. The first-order valence-corrected chi connectivity index (χ1v) is 5.06. The predicted molar refractivity (Wildman–Crippen MR) is 58.4 cm³/mol. The van der Waals surface area contributed by atoms with Crippen LogP contribution in [0.3, 0.4) is 0 Å². The van der Waals surface area contributed by atoms with Gasteiger partial charge in [0.25, 0.3) is 5.91 Å². The maximum Gasteiger partial charge on any atom is 0.270 e. The summed E-state index contributed by atoms with van der Waals surface area (Å²) in [5.74, 6) is -0.00756. The van der Waals surface area contributed by atoms with E-state index >= 15 is 0 Å². The third-order valence-corrected chi connectivity index (χ3v) is 2.30. The molecule has 0 radical (unpaired) electrons. The Morgan fingerprint density at radius 1 is 1.67 bits per heavy atom. The molecule has 0 fully saturated rings. The van der Waals surface area contributed by atoms with E-state index in [1.165, 1.54) is 6.19 Å². The highest BCUT2D eigenvalue weighted by Gasteiger charge is 2.05. The number of amides is 1. The molecule has 1 N–H and O–H groups in total. The molecule has 0 unspecified atom stereocenters. The third kappa shape index (κ3) is 3.78. The number of rotatable bonds is 3. The van der Waals surface area contributed by atoms with Gasteiger partial charge in [-0.1, -0.05) is 11.6 Å². The molecule has 0 bridgehead atoms. The van der Waals surface area contributed by atoms with E-state index in [4.69, 9.17) is 21.6 Å². The molecule has 1 aromatic rings. The Bertz CT molecular complexity index is 417. The first kappa shape index (κ1) is 11.8. The van der Waals surface area contributed by atoms with Crippen molar-refractivity contribution in [2.24, 2.45) is 0 Å². The van der Waals surface area contributed by atoms with Gasteiger partial charge in [-0.3, -0.25) is 10.1 Å². The van der Waals surface area contributed by atoms with Crippen LogP contribution in [0, 0.1) is 11.5 Å². The largest absolute Gasteiger partial charge is 0.483 e. The van der Waals surface area contributed by atoms with Gasteiger partial charge >= 0.3 is 0 Å². The minimum absolute atomic E-state index is 0.214. The van der Waals surface area contributed by atoms with Gasteiger partial charge in [-0.2, -0.15) is 5.26 Å². The van der Waals surface area contributed by atoms with Crippen LogP contribution in [-0.2, 0) is 4.79 Å². The van der Waals surface area contributed by atoms with Crippen LogP contribution >= 0.6 is 27.5 Å². The number of carbonyl (C=O) groups is 1. The van der Waals surface area contributed by atoms with Crippen molar-refractivity contribution < 1.29 is 9.53 Å². The average molecular weight is 290 g/mol. The van der Waals surface area contributed by atoms with Gasteiger partial charge in [0, 0.05) is 5.02 Å². The minimum Gasteiger partial charge on any atom is -0.483 e. The summed E-state index contributed by atoms with van der Waals surface area (Å²) >= 11 is 8.95. The molecular formula is C9H6BrClN2O2. The maximum absolute atomic E-state index is 10.9. The van der Waals surface area contributed by atoms with E-state index in [2.05, 4.69) is 15.9 Å². The van der Waals surface area contributed by atoms with Gasteiger partial charge in [0.2, 0.25) is 0 Å². The van der Waals surface area contributed by atoms with Gasteiger partial charge in [0.05, 0.1) is 4.47 Å². The van der Waals surface area contributed by atoms with Gasteiger partial charge in [-0.15, -0.1) is 0 Å². The first-order chi connectivity index (χ1) is 7.13. The van der Waals surface area contributed by atoms with E-state index in [-0.39, 0.29) is 6.61 Å². The molecule has 0 aliphatic carbocycles. The van der Waals surface area contributed by atoms with Crippen LogP contribution in [0.2, 0.25) is 5.02 Å². The highest BCUT2D eigenvalue weighted by atomic mass is 79.9. The number of nitrogens with one attached hydrogen (secondary N) is 1. The van der Waals surface area contributed by atoms with E-state index < -0.39 is 5.91 Å². The Kier molecular flexibility index (Phi) is 4.40. The normalized spacial score (nSPS) is 9.13. The Balaban J connectivity index is 2.59. The smallest absolute Gasteiger partial charge is 0.270 e. The molecule has 0 atom stereocenters. The van der Waals surface area contributed by atoms with Crippen LogP contribution in [0.15, 0.2) is 22.7 Å². The van der Waals surface area contributed by atoms with Crippen LogP contribution in [-0.4, -0.2) is 12.5 Å². The number of nitriles is 1. The van der Waals surface area contributed by atoms with Gasteiger partial charge in [-0.05, 0) is 34.1 Å². The van der Waals surface area contributed by atoms with Crippen LogP contribution in [0.5, 0.6) is 5.75 Å². The summed E-state index contributed by atoms with van der Waals surface area (Å²) in [6.07, 6.45) is 1.52. The SMILES string of the molecule is N#CNC(=O)COc1ccc(Cl)cc1Br. The zero-order chi connectivity index (χ0) is 11.3. The molecule has 0 saturated heterocycles. The molecule has 0 heterocycles. The van der Waals surface area contributed by atoms with E-state index in [0.29, 0.717) is 15.2 Å². The summed E-state index contributed by atoms with van der Waals surface area (Å²) in [5, 5.41) is 10.7.